The molecule has 3 aromatic carbocycles. The van der Waals surface area contributed by atoms with Crippen molar-refractivity contribution in [1.82, 2.24) is 0 Å². The molecule has 1 unspecified atom stereocenters. The van der Waals surface area contributed by atoms with Crippen LogP contribution in [0.25, 0.3) is 5.70 Å². The first kappa shape index (κ1) is 18.3. The van der Waals surface area contributed by atoms with Crippen molar-refractivity contribution < 1.29 is 9.59 Å². The highest BCUT2D eigenvalue weighted by molar-refractivity contribution is 6.25. The number of nitrogens with zero attached hydrogens (tertiary/aromatic N) is 1. The predicted molar refractivity (Wildman–Crippen MR) is 119 cm³/mol. The van der Waals surface area contributed by atoms with E-state index in [0.29, 0.717) is 22.5 Å². The predicted octanol–water partition coefficient (Wildman–Crippen LogP) is 5.11. The number of ketones is 1. The molecule has 30 heavy (non-hydrogen) atoms. The number of allylic oxidation sites excluding steroid dienone is 1. The summed E-state index contributed by atoms with van der Waals surface area (Å²) < 4.78 is 0. The second-order valence-electron chi connectivity index (χ2n) is 7.61. The highest BCUT2D eigenvalue weighted by Gasteiger charge is 2.45. The van der Waals surface area contributed by atoms with Crippen LogP contribution >= 0.6 is 0 Å². The van der Waals surface area contributed by atoms with Gasteiger partial charge in [0.15, 0.2) is 5.78 Å². The largest absolute Gasteiger partial charge is 0.325 e. The van der Waals surface area contributed by atoms with Crippen LogP contribution in [0, 0.1) is 5.92 Å². The van der Waals surface area contributed by atoms with Gasteiger partial charge in [0.05, 0.1) is 11.6 Å². The topological polar surface area (TPSA) is 58.5 Å². The molecule has 1 aliphatic heterocycles. The Balaban J connectivity index is 1.63. The average molecular weight is 392 g/mol. The van der Waals surface area contributed by atoms with Gasteiger partial charge < -0.3 is 5.32 Å². The van der Waals surface area contributed by atoms with Gasteiger partial charge in [-0.1, -0.05) is 72.8 Å². The molecule has 4 nitrogen and oxygen atoms in total. The lowest BCUT2D eigenvalue weighted by molar-refractivity contribution is -0.118. The number of Topliss-reactive ketones (excluding diaryl/α,β-unsaturated/α-hetero) is 1. The van der Waals surface area contributed by atoms with Crippen molar-refractivity contribution >= 4 is 28.8 Å². The fraction of sp³-hybridized carbons (Fsp3) is 0.115. The molecule has 3 aromatic rings. The van der Waals surface area contributed by atoms with E-state index in [-0.39, 0.29) is 17.6 Å². The number of rotatable bonds is 3. The fourth-order valence-electron chi connectivity index (χ4n) is 4.45. The van der Waals surface area contributed by atoms with Gasteiger partial charge in [0.2, 0.25) is 5.91 Å². The van der Waals surface area contributed by atoms with Crippen molar-refractivity contribution in [2.24, 2.45) is 10.9 Å². The van der Waals surface area contributed by atoms with Crippen molar-refractivity contribution in [1.29, 1.82) is 0 Å². The van der Waals surface area contributed by atoms with Crippen LogP contribution < -0.4 is 5.32 Å². The number of hydrogen-bond acceptors (Lipinski definition) is 3. The summed E-state index contributed by atoms with van der Waals surface area (Å²) in [5, 5.41) is 3.00. The summed E-state index contributed by atoms with van der Waals surface area (Å²) >= 11 is 0. The maximum atomic E-state index is 13.4. The first-order valence-electron chi connectivity index (χ1n) is 9.99. The number of hydrogen-bond donors (Lipinski definition) is 1. The zero-order valence-corrected chi connectivity index (χ0v) is 16.5. The van der Waals surface area contributed by atoms with Crippen LogP contribution in [0.3, 0.4) is 0 Å². The van der Waals surface area contributed by atoms with Gasteiger partial charge in [-0.2, -0.15) is 0 Å². The monoisotopic (exact) mass is 392 g/mol. The zero-order chi connectivity index (χ0) is 20.7. The van der Waals surface area contributed by atoms with Crippen molar-refractivity contribution in [3.63, 3.8) is 0 Å². The van der Waals surface area contributed by atoms with E-state index in [1.807, 2.05) is 91.9 Å². The van der Waals surface area contributed by atoms with Gasteiger partial charge in [-0.15, -0.1) is 0 Å². The lowest BCUT2D eigenvalue weighted by Gasteiger charge is -2.31. The molecule has 0 aromatic heterocycles. The summed E-state index contributed by atoms with van der Waals surface area (Å²) in [4.78, 5) is 31.6. The van der Waals surface area contributed by atoms with Crippen LogP contribution in [-0.4, -0.2) is 17.4 Å². The minimum absolute atomic E-state index is 0.0387. The van der Waals surface area contributed by atoms with E-state index in [4.69, 9.17) is 4.99 Å². The van der Waals surface area contributed by atoms with E-state index >= 15 is 0 Å². The van der Waals surface area contributed by atoms with E-state index in [1.165, 1.54) is 0 Å². The molecular formula is C26H20N2O2. The molecule has 2 atom stereocenters. The van der Waals surface area contributed by atoms with Crippen LogP contribution in [0.15, 0.2) is 95.5 Å². The number of fused-ring (bicyclic) bond motifs is 2. The summed E-state index contributed by atoms with van der Waals surface area (Å²) in [6, 6.07) is 26.7. The Labute approximate surface area is 175 Å². The third-order valence-electron chi connectivity index (χ3n) is 5.79. The van der Waals surface area contributed by atoms with Gasteiger partial charge in [-0.05, 0) is 24.6 Å². The van der Waals surface area contributed by atoms with Crippen LogP contribution in [0.4, 0.5) is 5.69 Å². The number of carbonyl (C=O) groups excluding carboxylic acids is 2. The number of anilines is 1. The third-order valence-corrected chi connectivity index (χ3v) is 5.79. The Bertz CT molecular complexity index is 1210. The van der Waals surface area contributed by atoms with Crippen molar-refractivity contribution in [3.8, 4) is 0 Å². The highest BCUT2D eigenvalue weighted by Crippen LogP contribution is 2.47. The SMILES string of the molecule is CC1=NC2=C(C(=O)c3ccccc32)[C@@H](c2ccccc2)C1C(=O)Nc1ccccc1. The van der Waals surface area contributed by atoms with Crippen LogP contribution in [0.5, 0.6) is 0 Å². The number of carbonyl (C=O) groups is 2. The molecule has 0 bridgehead atoms. The maximum absolute atomic E-state index is 13.4. The quantitative estimate of drug-likeness (QED) is 0.674. The molecule has 0 saturated carbocycles. The van der Waals surface area contributed by atoms with Crippen LogP contribution in [-0.2, 0) is 4.79 Å². The molecule has 0 saturated heterocycles. The van der Waals surface area contributed by atoms with Gasteiger partial charge in [0.1, 0.15) is 0 Å². The summed E-state index contributed by atoms with van der Waals surface area (Å²) in [6.45, 7) is 1.88. The summed E-state index contributed by atoms with van der Waals surface area (Å²) in [5.74, 6) is -1.15. The van der Waals surface area contributed by atoms with Gasteiger partial charge in [-0.3, -0.25) is 14.6 Å². The number of amides is 1. The van der Waals surface area contributed by atoms with E-state index < -0.39 is 5.92 Å². The second-order valence-corrected chi connectivity index (χ2v) is 7.61. The van der Waals surface area contributed by atoms with E-state index in [0.717, 1.165) is 16.8 Å². The fourth-order valence-corrected chi connectivity index (χ4v) is 4.45. The van der Waals surface area contributed by atoms with Crippen LogP contribution in [0.2, 0.25) is 0 Å². The first-order chi connectivity index (χ1) is 14.6. The molecular weight excluding hydrogens is 372 g/mol. The molecule has 1 N–H and O–H groups in total. The minimum Gasteiger partial charge on any atom is -0.325 e. The molecule has 0 fully saturated rings. The molecule has 1 amide bonds. The molecule has 4 heteroatoms. The lowest BCUT2D eigenvalue weighted by atomic mass is 9.74. The van der Waals surface area contributed by atoms with Crippen LogP contribution in [0.1, 0.15) is 34.3 Å². The maximum Gasteiger partial charge on any atom is 0.234 e. The average Bonchev–Trinajstić information content (AvgIpc) is 3.06. The van der Waals surface area contributed by atoms with Crippen molar-refractivity contribution in [2.45, 2.75) is 12.8 Å². The number of para-hydroxylation sites is 1. The van der Waals surface area contributed by atoms with Crippen molar-refractivity contribution in [2.75, 3.05) is 5.32 Å². The number of nitrogens with one attached hydrogen (secondary N) is 1. The van der Waals surface area contributed by atoms with E-state index in [1.54, 1.807) is 0 Å². The van der Waals surface area contributed by atoms with E-state index in [2.05, 4.69) is 5.32 Å². The van der Waals surface area contributed by atoms with Crippen molar-refractivity contribution in [3.05, 3.63) is 107 Å². The summed E-state index contributed by atoms with van der Waals surface area (Å²) in [6.07, 6.45) is 0. The molecule has 1 heterocycles. The molecule has 5 rings (SSSR count). The third kappa shape index (κ3) is 2.89. The summed E-state index contributed by atoms with van der Waals surface area (Å²) in [5.41, 5.74) is 5.19. The number of aliphatic imine (C=N–C) groups is 1. The Morgan fingerprint density at radius 2 is 1.43 bits per heavy atom. The molecule has 1 aliphatic carbocycles. The first-order valence-corrected chi connectivity index (χ1v) is 9.99. The lowest BCUT2D eigenvalue weighted by Crippen LogP contribution is -2.37. The molecule has 0 spiro atoms. The zero-order valence-electron chi connectivity index (χ0n) is 16.5. The Morgan fingerprint density at radius 1 is 0.833 bits per heavy atom. The molecule has 0 radical (unpaired) electrons. The highest BCUT2D eigenvalue weighted by atomic mass is 16.2. The Morgan fingerprint density at radius 3 is 2.13 bits per heavy atom. The van der Waals surface area contributed by atoms with Gasteiger partial charge in [0.25, 0.3) is 0 Å². The standard InChI is InChI=1S/C26H20N2O2/c1-16-21(26(30)28-18-12-6-3-7-13-18)22(17-10-4-2-5-11-17)23-24(27-16)19-14-8-9-15-20(19)25(23)29/h2-15,21-22H,1H3,(H,28,30)/t21?,22-/m0/s1. The van der Waals surface area contributed by atoms with Gasteiger partial charge >= 0.3 is 0 Å². The normalized spacial score (nSPS) is 19.8. The minimum atomic E-state index is -0.565. The number of benzene rings is 3. The smallest absolute Gasteiger partial charge is 0.234 e. The summed E-state index contributed by atoms with van der Waals surface area (Å²) in [7, 11) is 0. The molecule has 2 aliphatic rings. The Hall–Kier alpha value is -3.79. The van der Waals surface area contributed by atoms with E-state index in [9.17, 15) is 9.59 Å². The van der Waals surface area contributed by atoms with Gasteiger partial charge in [-0.25, -0.2) is 0 Å². The Kier molecular flexibility index (Phi) is 4.40. The molecule has 146 valence electrons. The van der Waals surface area contributed by atoms with Gasteiger partial charge in [0, 0.05) is 34.0 Å². The second kappa shape index (κ2) is 7.23.